The highest BCUT2D eigenvalue weighted by atomic mass is 19.1. The van der Waals surface area contributed by atoms with Crippen LogP contribution in [0, 0.1) is 5.82 Å². The number of hydrazine groups is 1. The van der Waals surface area contributed by atoms with Crippen LogP contribution in [0.3, 0.4) is 0 Å². The van der Waals surface area contributed by atoms with Crippen LogP contribution in [0.25, 0.3) is 0 Å². The molecule has 0 saturated carbocycles. The number of halogens is 1. The molecule has 0 saturated heterocycles. The third kappa shape index (κ3) is 2.69. The van der Waals surface area contributed by atoms with Gasteiger partial charge in [0.1, 0.15) is 11.6 Å². The average molecular weight is 234 g/mol. The third-order valence-electron chi connectivity index (χ3n) is 2.78. The topological polar surface area (TPSA) is 55.9 Å². The Labute approximate surface area is 99.2 Å². The molecule has 17 heavy (non-hydrogen) atoms. The van der Waals surface area contributed by atoms with Crippen LogP contribution in [0.15, 0.2) is 36.7 Å². The molecule has 1 aromatic carbocycles. The number of nitrogens with zero attached hydrogens (tertiary/aromatic N) is 2. The number of aromatic nitrogens is 2. The molecule has 0 amide bonds. The molecule has 2 aromatic rings. The highest BCUT2D eigenvalue weighted by molar-refractivity contribution is 5.21. The van der Waals surface area contributed by atoms with E-state index in [1.54, 1.807) is 18.3 Å². The van der Waals surface area contributed by atoms with Crippen molar-refractivity contribution in [1.29, 1.82) is 0 Å². The molecule has 1 unspecified atom stereocenters. The van der Waals surface area contributed by atoms with Gasteiger partial charge in [0, 0.05) is 25.9 Å². The molecule has 0 radical (unpaired) electrons. The fraction of sp³-hybridized carbons (Fsp3) is 0.250. The highest BCUT2D eigenvalue weighted by Crippen LogP contribution is 2.17. The maximum atomic E-state index is 12.8. The van der Waals surface area contributed by atoms with Gasteiger partial charge < -0.3 is 4.57 Å². The summed E-state index contributed by atoms with van der Waals surface area (Å²) in [5.74, 6) is 6.21. The minimum atomic E-state index is -0.249. The predicted octanol–water partition coefficient (Wildman–Crippen LogP) is 1.31. The monoisotopic (exact) mass is 234 g/mol. The zero-order valence-corrected chi connectivity index (χ0v) is 9.60. The number of imidazole rings is 1. The van der Waals surface area contributed by atoms with Gasteiger partial charge in [0.25, 0.3) is 0 Å². The number of benzene rings is 1. The van der Waals surface area contributed by atoms with Crippen LogP contribution >= 0.6 is 0 Å². The molecule has 1 aromatic heterocycles. The number of hydrogen-bond donors (Lipinski definition) is 2. The lowest BCUT2D eigenvalue weighted by Crippen LogP contribution is -2.30. The number of rotatable bonds is 4. The van der Waals surface area contributed by atoms with Crippen LogP contribution in [0.2, 0.25) is 0 Å². The first-order valence-electron chi connectivity index (χ1n) is 5.38. The zero-order valence-electron chi connectivity index (χ0n) is 9.60. The normalized spacial score (nSPS) is 12.6. The van der Waals surface area contributed by atoms with E-state index in [0.29, 0.717) is 6.42 Å². The Balaban J connectivity index is 2.17. The SMILES string of the molecule is Cn1ccnc1CC(NN)c1ccc(F)cc1. The van der Waals surface area contributed by atoms with Gasteiger partial charge in [0.15, 0.2) is 0 Å². The summed E-state index contributed by atoms with van der Waals surface area (Å²) in [6.07, 6.45) is 4.28. The van der Waals surface area contributed by atoms with Crippen LogP contribution < -0.4 is 11.3 Å². The van der Waals surface area contributed by atoms with Gasteiger partial charge in [-0.15, -0.1) is 0 Å². The van der Waals surface area contributed by atoms with Gasteiger partial charge in [-0.2, -0.15) is 0 Å². The Kier molecular flexibility index (Phi) is 3.51. The molecule has 0 aliphatic rings. The summed E-state index contributed by atoms with van der Waals surface area (Å²) in [6, 6.07) is 6.23. The molecule has 0 aliphatic carbocycles. The summed E-state index contributed by atoms with van der Waals surface area (Å²) in [5, 5.41) is 0. The molecule has 5 heteroatoms. The van der Waals surface area contributed by atoms with E-state index >= 15 is 0 Å². The Morgan fingerprint density at radius 3 is 2.65 bits per heavy atom. The number of hydrogen-bond acceptors (Lipinski definition) is 3. The third-order valence-corrected chi connectivity index (χ3v) is 2.78. The van der Waals surface area contributed by atoms with E-state index in [1.165, 1.54) is 12.1 Å². The van der Waals surface area contributed by atoms with Gasteiger partial charge in [-0.25, -0.2) is 9.37 Å². The van der Waals surface area contributed by atoms with Crippen molar-refractivity contribution in [2.24, 2.45) is 12.9 Å². The lowest BCUT2D eigenvalue weighted by Gasteiger charge is -2.16. The summed E-state index contributed by atoms with van der Waals surface area (Å²) >= 11 is 0. The van der Waals surface area contributed by atoms with Gasteiger partial charge in [-0.3, -0.25) is 11.3 Å². The summed E-state index contributed by atoms with van der Waals surface area (Å²) in [4.78, 5) is 4.24. The van der Waals surface area contributed by atoms with E-state index in [1.807, 2.05) is 17.8 Å². The first kappa shape index (κ1) is 11.8. The van der Waals surface area contributed by atoms with Crippen LogP contribution in [0.4, 0.5) is 4.39 Å². The summed E-state index contributed by atoms with van der Waals surface area (Å²) in [5.41, 5.74) is 3.67. The van der Waals surface area contributed by atoms with Gasteiger partial charge >= 0.3 is 0 Å². The fourth-order valence-electron chi connectivity index (χ4n) is 1.74. The minimum Gasteiger partial charge on any atom is -0.338 e. The van der Waals surface area contributed by atoms with Crippen molar-refractivity contribution in [2.45, 2.75) is 12.5 Å². The highest BCUT2D eigenvalue weighted by Gasteiger charge is 2.13. The van der Waals surface area contributed by atoms with E-state index in [-0.39, 0.29) is 11.9 Å². The van der Waals surface area contributed by atoms with Crippen molar-refractivity contribution in [3.63, 3.8) is 0 Å². The predicted molar refractivity (Wildman–Crippen MR) is 63.4 cm³/mol. The molecule has 0 aliphatic heterocycles. The molecule has 1 atom stereocenters. The molecule has 2 rings (SSSR count). The van der Waals surface area contributed by atoms with Crippen LogP contribution in [0.5, 0.6) is 0 Å². The molecule has 0 fully saturated rings. The van der Waals surface area contributed by atoms with Crippen molar-refractivity contribution >= 4 is 0 Å². The molecular formula is C12H15FN4. The van der Waals surface area contributed by atoms with Gasteiger partial charge in [-0.05, 0) is 17.7 Å². The fourth-order valence-corrected chi connectivity index (χ4v) is 1.74. The van der Waals surface area contributed by atoms with Crippen molar-refractivity contribution in [1.82, 2.24) is 15.0 Å². The molecule has 90 valence electrons. The van der Waals surface area contributed by atoms with E-state index in [4.69, 9.17) is 5.84 Å². The van der Waals surface area contributed by atoms with E-state index in [9.17, 15) is 4.39 Å². The standard InChI is InChI=1S/C12H15FN4/c1-17-7-6-15-12(17)8-11(16-14)9-2-4-10(13)5-3-9/h2-7,11,16H,8,14H2,1H3. The summed E-state index contributed by atoms with van der Waals surface area (Å²) in [7, 11) is 1.93. The first-order valence-corrected chi connectivity index (χ1v) is 5.38. The second kappa shape index (κ2) is 5.07. The average Bonchev–Trinajstić information content (AvgIpc) is 2.73. The Morgan fingerprint density at radius 2 is 2.12 bits per heavy atom. The second-order valence-electron chi connectivity index (χ2n) is 3.93. The Bertz CT molecular complexity index is 478. The number of nitrogens with two attached hydrogens (primary N) is 1. The van der Waals surface area contributed by atoms with Crippen molar-refractivity contribution in [2.75, 3.05) is 0 Å². The Hall–Kier alpha value is -1.72. The first-order chi connectivity index (χ1) is 8.20. The lowest BCUT2D eigenvalue weighted by molar-refractivity contribution is 0.528. The lowest BCUT2D eigenvalue weighted by atomic mass is 10.0. The summed E-state index contributed by atoms with van der Waals surface area (Å²) in [6.45, 7) is 0. The molecule has 0 bridgehead atoms. The molecule has 3 N–H and O–H groups in total. The van der Waals surface area contributed by atoms with E-state index in [2.05, 4.69) is 10.4 Å². The molecule has 0 spiro atoms. The van der Waals surface area contributed by atoms with Crippen LogP contribution in [-0.4, -0.2) is 9.55 Å². The van der Waals surface area contributed by atoms with Crippen molar-refractivity contribution in [3.8, 4) is 0 Å². The number of nitrogens with one attached hydrogen (secondary N) is 1. The molecular weight excluding hydrogens is 219 g/mol. The van der Waals surface area contributed by atoms with Crippen LogP contribution in [-0.2, 0) is 13.5 Å². The second-order valence-corrected chi connectivity index (χ2v) is 3.93. The largest absolute Gasteiger partial charge is 0.338 e. The maximum absolute atomic E-state index is 12.8. The van der Waals surface area contributed by atoms with E-state index in [0.717, 1.165) is 11.4 Å². The quantitative estimate of drug-likeness (QED) is 0.619. The molecule has 4 nitrogen and oxygen atoms in total. The smallest absolute Gasteiger partial charge is 0.123 e. The Morgan fingerprint density at radius 1 is 1.41 bits per heavy atom. The van der Waals surface area contributed by atoms with Crippen molar-refractivity contribution < 1.29 is 4.39 Å². The zero-order chi connectivity index (χ0) is 12.3. The van der Waals surface area contributed by atoms with Crippen LogP contribution in [0.1, 0.15) is 17.4 Å². The van der Waals surface area contributed by atoms with Gasteiger partial charge in [0.2, 0.25) is 0 Å². The van der Waals surface area contributed by atoms with E-state index < -0.39 is 0 Å². The maximum Gasteiger partial charge on any atom is 0.123 e. The summed E-state index contributed by atoms with van der Waals surface area (Å²) < 4.78 is 14.8. The molecule has 1 heterocycles. The van der Waals surface area contributed by atoms with Gasteiger partial charge in [0.05, 0.1) is 6.04 Å². The van der Waals surface area contributed by atoms with Crippen molar-refractivity contribution in [3.05, 3.63) is 53.9 Å². The van der Waals surface area contributed by atoms with Gasteiger partial charge in [-0.1, -0.05) is 12.1 Å². The number of aryl methyl sites for hydroxylation is 1. The minimum absolute atomic E-state index is 0.0725.